The third-order valence-electron chi connectivity index (χ3n) is 4.52. The van der Waals surface area contributed by atoms with Gasteiger partial charge in [-0.25, -0.2) is 9.97 Å². The number of nitrogens with zero attached hydrogens (tertiary/aromatic N) is 4. The minimum absolute atomic E-state index is 0.00217. The van der Waals surface area contributed by atoms with Crippen LogP contribution in [-0.2, 0) is 13.1 Å². The zero-order valence-corrected chi connectivity index (χ0v) is 14.5. The second-order valence-electron chi connectivity index (χ2n) is 6.67. The molecule has 0 saturated heterocycles. The molecule has 2 heterocycles. The van der Waals surface area contributed by atoms with Crippen LogP contribution in [0.25, 0.3) is 0 Å². The summed E-state index contributed by atoms with van der Waals surface area (Å²) in [7, 11) is 3.98. The quantitative estimate of drug-likeness (QED) is 0.859. The average Bonchev–Trinajstić information content (AvgIpc) is 3.32. The van der Waals surface area contributed by atoms with E-state index in [-0.39, 0.29) is 5.91 Å². The van der Waals surface area contributed by atoms with Crippen LogP contribution < -0.4 is 4.90 Å². The Bertz CT molecular complexity index is 799. The van der Waals surface area contributed by atoms with Gasteiger partial charge in [0.15, 0.2) is 0 Å². The molecule has 0 spiro atoms. The number of benzene rings is 1. The number of carbonyl (C=O) groups is 1. The maximum Gasteiger partial charge on any atom is 0.254 e. The minimum atomic E-state index is 0.00217. The lowest BCUT2D eigenvalue weighted by Crippen LogP contribution is -2.25. The lowest BCUT2D eigenvalue weighted by Gasteiger charge is -2.17. The first-order valence-corrected chi connectivity index (χ1v) is 8.52. The molecule has 1 aliphatic heterocycles. The number of anilines is 1. The molecule has 4 rings (SSSR count). The van der Waals surface area contributed by atoms with E-state index in [1.54, 1.807) is 24.3 Å². The Morgan fingerprint density at radius 2 is 1.88 bits per heavy atom. The fraction of sp³-hybridized carbons (Fsp3) is 0.389. The Morgan fingerprint density at radius 3 is 2.50 bits per heavy atom. The maximum atomic E-state index is 12.8. The van der Waals surface area contributed by atoms with Crippen molar-refractivity contribution < 1.29 is 4.79 Å². The third-order valence-corrected chi connectivity index (χ3v) is 4.77. The highest BCUT2D eigenvalue weighted by atomic mass is 35.5. The van der Waals surface area contributed by atoms with E-state index in [0.717, 1.165) is 22.9 Å². The number of amides is 1. The first-order chi connectivity index (χ1) is 11.5. The molecule has 1 aromatic carbocycles. The predicted octanol–water partition coefficient (Wildman–Crippen LogP) is 3.23. The Balaban J connectivity index is 1.64. The lowest BCUT2D eigenvalue weighted by molar-refractivity contribution is 0.0750. The van der Waals surface area contributed by atoms with Gasteiger partial charge in [-0.3, -0.25) is 4.79 Å². The lowest BCUT2D eigenvalue weighted by atomic mass is 10.2. The van der Waals surface area contributed by atoms with Crippen LogP contribution in [0.3, 0.4) is 0 Å². The van der Waals surface area contributed by atoms with Crippen LogP contribution in [0.5, 0.6) is 0 Å². The van der Waals surface area contributed by atoms with Crippen LogP contribution >= 0.6 is 11.6 Å². The second kappa shape index (κ2) is 5.74. The normalized spacial score (nSPS) is 16.2. The number of rotatable bonds is 3. The summed E-state index contributed by atoms with van der Waals surface area (Å²) in [6, 6.07) is 7.02. The molecule has 124 valence electrons. The molecule has 6 heteroatoms. The number of halogens is 1. The van der Waals surface area contributed by atoms with Crippen LogP contribution in [0.1, 0.15) is 46.2 Å². The topological polar surface area (TPSA) is 49.3 Å². The molecule has 0 atom stereocenters. The van der Waals surface area contributed by atoms with Crippen molar-refractivity contribution in [3.8, 4) is 0 Å². The van der Waals surface area contributed by atoms with E-state index in [2.05, 4.69) is 0 Å². The van der Waals surface area contributed by atoms with Gasteiger partial charge in [0.1, 0.15) is 11.6 Å². The molecule has 1 amide bonds. The van der Waals surface area contributed by atoms with Crippen molar-refractivity contribution in [2.45, 2.75) is 31.8 Å². The Morgan fingerprint density at radius 1 is 1.17 bits per heavy atom. The summed E-state index contributed by atoms with van der Waals surface area (Å²) in [4.78, 5) is 26.1. The highest BCUT2D eigenvalue weighted by molar-refractivity contribution is 6.30. The molecule has 1 aliphatic carbocycles. The van der Waals surface area contributed by atoms with Gasteiger partial charge in [-0.05, 0) is 37.1 Å². The van der Waals surface area contributed by atoms with E-state index in [1.165, 1.54) is 12.8 Å². The monoisotopic (exact) mass is 342 g/mol. The van der Waals surface area contributed by atoms with Crippen molar-refractivity contribution in [2.75, 3.05) is 19.0 Å². The summed E-state index contributed by atoms with van der Waals surface area (Å²) in [5, 5.41) is 0.631. The van der Waals surface area contributed by atoms with Crippen molar-refractivity contribution in [3.63, 3.8) is 0 Å². The van der Waals surface area contributed by atoms with Gasteiger partial charge in [0.05, 0.1) is 18.8 Å². The van der Waals surface area contributed by atoms with Crippen molar-refractivity contribution in [2.24, 2.45) is 0 Å². The van der Waals surface area contributed by atoms with E-state index in [9.17, 15) is 4.79 Å². The summed E-state index contributed by atoms with van der Waals surface area (Å²) in [6.07, 6.45) is 2.33. The Kier molecular flexibility index (Phi) is 3.68. The molecule has 1 aromatic heterocycles. The van der Waals surface area contributed by atoms with Crippen LogP contribution in [0.2, 0.25) is 5.02 Å². The van der Waals surface area contributed by atoms with Crippen molar-refractivity contribution in [1.82, 2.24) is 14.9 Å². The number of carbonyl (C=O) groups excluding carboxylic acids is 1. The summed E-state index contributed by atoms with van der Waals surface area (Å²) < 4.78 is 0. The largest absolute Gasteiger partial charge is 0.362 e. The molecule has 0 N–H and O–H groups in total. The van der Waals surface area contributed by atoms with Gasteiger partial charge < -0.3 is 9.80 Å². The van der Waals surface area contributed by atoms with Crippen molar-refractivity contribution in [3.05, 3.63) is 51.9 Å². The molecule has 0 bridgehead atoms. The van der Waals surface area contributed by atoms with Gasteiger partial charge in [0, 0.05) is 36.2 Å². The van der Waals surface area contributed by atoms with E-state index in [1.807, 2.05) is 23.9 Å². The van der Waals surface area contributed by atoms with Gasteiger partial charge in [-0.2, -0.15) is 0 Å². The Hall–Kier alpha value is -2.14. The predicted molar refractivity (Wildman–Crippen MR) is 93.4 cm³/mol. The first-order valence-electron chi connectivity index (χ1n) is 8.15. The fourth-order valence-corrected chi connectivity index (χ4v) is 3.19. The average molecular weight is 343 g/mol. The molecule has 2 aromatic rings. The van der Waals surface area contributed by atoms with Gasteiger partial charge in [-0.15, -0.1) is 0 Å². The highest BCUT2D eigenvalue weighted by Gasteiger charge is 2.33. The molecule has 0 unspecified atom stereocenters. The molecule has 2 aliphatic rings. The molecule has 0 radical (unpaired) electrons. The van der Waals surface area contributed by atoms with E-state index >= 15 is 0 Å². The van der Waals surface area contributed by atoms with Crippen LogP contribution in [-0.4, -0.2) is 34.9 Å². The van der Waals surface area contributed by atoms with Crippen molar-refractivity contribution in [1.29, 1.82) is 0 Å². The van der Waals surface area contributed by atoms with E-state index in [0.29, 0.717) is 29.6 Å². The first kappa shape index (κ1) is 15.4. The van der Waals surface area contributed by atoms with Gasteiger partial charge in [-0.1, -0.05) is 11.6 Å². The fourth-order valence-electron chi connectivity index (χ4n) is 3.07. The zero-order chi connectivity index (χ0) is 16.8. The third kappa shape index (κ3) is 2.73. The van der Waals surface area contributed by atoms with Crippen LogP contribution in [0.15, 0.2) is 24.3 Å². The summed E-state index contributed by atoms with van der Waals surface area (Å²) in [6.45, 7) is 1.09. The highest BCUT2D eigenvalue weighted by Crippen LogP contribution is 2.40. The number of hydrogen-bond donors (Lipinski definition) is 0. The van der Waals surface area contributed by atoms with Gasteiger partial charge in [0.2, 0.25) is 0 Å². The smallest absolute Gasteiger partial charge is 0.254 e. The summed E-state index contributed by atoms with van der Waals surface area (Å²) >= 11 is 5.91. The van der Waals surface area contributed by atoms with Crippen LogP contribution in [0.4, 0.5) is 5.82 Å². The minimum Gasteiger partial charge on any atom is -0.362 e. The second-order valence-corrected chi connectivity index (χ2v) is 7.10. The van der Waals surface area contributed by atoms with Crippen molar-refractivity contribution >= 4 is 23.3 Å². The Labute approximate surface area is 146 Å². The molecular weight excluding hydrogens is 324 g/mol. The summed E-state index contributed by atoms with van der Waals surface area (Å²) in [5.41, 5.74) is 2.69. The molecule has 5 nitrogen and oxygen atoms in total. The molecule has 1 fully saturated rings. The molecular formula is C18H19ClN4O. The van der Waals surface area contributed by atoms with E-state index < -0.39 is 0 Å². The van der Waals surface area contributed by atoms with Crippen LogP contribution in [0, 0.1) is 0 Å². The number of aromatic nitrogens is 2. The van der Waals surface area contributed by atoms with Gasteiger partial charge >= 0.3 is 0 Å². The van der Waals surface area contributed by atoms with Gasteiger partial charge in [0.25, 0.3) is 5.91 Å². The standard InChI is InChI=1S/C18H19ClN4O/c1-22(2)17-14-9-23(18(24)12-5-7-13(19)8-6-12)10-15(14)20-16(21-17)11-3-4-11/h5-8,11H,3-4,9-10H2,1-2H3. The van der Waals surface area contributed by atoms with E-state index in [4.69, 9.17) is 21.6 Å². The summed E-state index contributed by atoms with van der Waals surface area (Å²) in [5.74, 6) is 2.36. The number of hydrogen-bond acceptors (Lipinski definition) is 4. The number of fused-ring (bicyclic) bond motifs is 1. The zero-order valence-electron chi connectivity index (χ0n) is 13.8. The maximum absolute atomic E-state index is 12.8. The SMILES string of the molecule is CN(C)c1nc(C2CC2)nc2c1CN(C(=O)c1ccc(Cl)cc1)C2. The molecule has 1 saturated carbocycles. The molecule has 24 heavy (non-hydrogen) atoms.